The Morgan fingerprint density at radius 2 is 1.62 bits per heavy atom. The number of fused-ring (bicyclic) bond motifs is 1. The van der Waals surface area contributed by atoms with E-state index in [9.17, 15) is 0 Å². The molecule has 0 aliphatic heterocycles. The van der Waals surface area contributed by atoms with Gasteiger partial charge in [0.1, 0.15) is 0 Å². The van der Waals surface area contributed by atoms with Gasteiger partial charge in [-0.1, -0.05) is 75.8 Å². The maximum absolute atomic E-state index is 2.44. The largest absolute Gasteiger partial charge is 2.00 e. The first-order chi connectivity index (χ1) is 10.1. The summed E-state index contributed by atoms with van der Waals surface area (Å²) < 4.78 is 0. The molecule has 1 aromatic carbocycles. The molecule has 0 aromatic heterocycles. The van der Waals surface area contributed by atoms with Crippen LogP contribution in [0.15, 0.2) is 42.5 Å². The van der Waals surface area contributed by atoms with Gasteiger partial charge in [0.05, 0.1) is 0 Å². The second kappa shape index (κ2) is 9.56. The van der Waals surface area contributed by atoms with Gasteiger partial charge in [-0.05, 0) is 41.0 Å². The van der Waals surface area contributed by atoms with E-state index in [0.717, 1.165) is 0 Å². The molecule has 0 radical (unpaired) electrons. The van der Waals surface area contributed by atoms with Gasteiger partial charge in [-0.15, -0.1) is 0 Å². The molecule has 0 saturated carbocycles. The van der Waals surface area contributed by atoms with Gasteiger partial charge >= 0.3 is 26.2 Å². The third-order valence-electron chi connectivity index (χ3n) is 5.29. The Kier molecular flexibility index (Phi) is 9.52. The fourth-order valence-corrected chi connectivity index (χ4v) is 3.91. The Bertz CT molecular complexity index is 629. The van der Waals surface area contributed by atoms with E-state index >= 15 is 0 Å². The Morgan fingerprint density at radius 3 is 2.21 bits per heavy atom. The predicted molar refractivity (Wildman–Crippen MR) is 92.5 cm³/mol. The van der Waals surface area contributed by atoms with Crippen LogP contribution in [0.2, 0.25) is 0 Å². The quantitative estimate of drug-likeness (QED) is 0.610. The molecule has 1 atom stereocenters. The predicted octanol–water partition coefficient (Wildman–Crippen LogP) is -0.168. The first-order valence-corrected chi connectivity index (χ1v) is 8.21. The van der Waals surface area contributed by atoms with Crippen LogP contribution < -0.4 is 24.8 Å². The summed E-state index contributed by atoms with van der Waals surface area (Å²) in [6, 6.07) is 4.65. The van der Waals surface area contributed by atoms with Gasteiger partial charge in [-0.2, -0.15) is 0 Å². The van der Waals surface area contributed by atoms with E-state index in [1.54, 1.807) is 11.1 Å². The molecule has 1 unspecified atom stereocenters. The van der Waals surface area contributed by atoms with Crippen molar-refractivity contribution in [3.63, 3.8) is 0 Å². The minimum atomic E-state index is 0. The van der Waals surface area contributed by atoms with Crippen molar-refractivity contribution in [3.8, 4) is 0 Å². The minimum absolute atomic E-state index is 0. The van der Waals surface area contributed by atoms with E-state index in [1.165, 1.54) is 24.0 Å². The van der Waals surface area contributed by atoms with Crippen molar-refractivity contribution < 1.29 is 51.0 Å². The zero-order valence-corrected chi connectivity index (χ0v) is 18.9. The third-order valence-corrected chi connectivity index (χ3v) is 5.29. The summed E-state index contributed by atoms with van der Waals surface area (Å²) in [7, 11) is 0. The van der Waals surface area contributed by atoms with E-state index in [0.29, 0.717) is 11.8 Å². The van der Waals surface area contributed by atoms with Crippen LogP contribution in [0.25, 0.3) is 6.08 Å². The normalized spacial score (nSPS) is 17.9. The van der Waals surface area contributed by atoms with E-state index in [1.807, 2.05) is 0 Å². The monoisotopic (exact) mass is 438 g/mol. The van der Waals surface area contributed by atoms with Crippen molar-refractivity contribution in [3.05, 3.63) is 64.8 Å². The fourth-order valence-electron chi connectivity index (χ4n) is 3.91. The molecular weight excluding hydrogens is 414 g/mol. The zero-order valence-electron chi connectivity index (χ0n) is 14.9. The summed E-state index contributed by atoms with van der Waals surface area (Å²) in [6.07, 6.45) is 16.3. The third kappa shape index (κ3) is 4.17. The standard InChI is InChI=1S/C21H26.2ClH.Zr/c1-5-8-16-12-11-15(2)18-13-14-19(20(16)18)21(3,4)17-9-6-7-10-17;;;/h6-7,9-14,17,19H,5,8H2,1-4H3;2*1H;/q;;;+2/p-2. The maximum atomic E-state index is 2.44. The van der Waals surface area contributed by atoms with Crippen LogP contribution in [0.5, 0.6) is 0 Å². The molecule has 2 aliphatic carbocycles. The van der Waals surface area contributed by atoms with Crippen molar-refractivity contribution >= 4 is 6.08 Å². The average molecular weight is 441 g/mol. The molecule has 3 rings (SSSR count). The first kappa shape index (κ1) is 23.9. The topological polar surface area (TPSA) is 0 Å². The van der Waals surface area contributed by atoms with E-state index in [4.69, 9.17) is 0 Å². The van der Waals surface area contributed by atoms with Gasteiger partial charge < -0.3 is 24.8 Å². The van der Waals surface area contributed by atoms with Crippen molar-refractivity contribution in [2.75, 3.05) is 0 Å². The molecule has 0 bridgehead atoms. The van der Waals surface area contributed by atoms with Crippen LogP contribution >= 0.6 is 0 Å². The number of halogens is 2. The summed E-state index contributed by atoms with van der Waals surface area (Å²) in [5.74, 6) is 1.06. The SMILES string of the molecule is CCCc1ccc(C)c2c1C(C(C)(C)C1C=CC=C1)C=C2.[Cl-].[Cl-].[Zr+2]. The molecule has 0 amide bonds. The van der Waals surface area contributed by atoms with Gasteiger partial charge in [-0.3, -0.25) is 0 Å². The smallest absolute Gasteiger partial charge is 1.00 e. The minimum Gasteiger partial charge on any atom is -1.00 e. The Labute approximate surface area is 178 Å². The first-order valence-electron chi connectivity index (χ1n) is 8.21. The van der Waals surface area contributed by atoms with Crippen molar-refractivity contribution in [1.82, 2.24) is 0 Å². The van der Waals surface area contributed by atoms with E-state index < -0.39 is 0 Å². The molecule has 0 spiro atoms. The van der Waals surface area contributed by atoms with E-state index in [2.05, 4.69) is 76.3 Å². The van der Waals surface area contributed by atoms with Gasteiger partial charge in [0.15, 0.2) is 0 Å². The van der Waals surface area contributed by atoms with Crippen LogP contribution in [0.4, 0.5) is 0 Å². The molecule has 2 aliphatic rings. The molecule has 0 heterocycles. The summed E-state index contributed by atoms with van der Waals surface area (Å²) in [5, 5.41) is 0. The second-order valence-corrected chi connectivity index (χ2v) is 7.07. The summed E-state index contributed by atoms with van der Waals surface area (Å²) in [4.78, 5) is 0. The number of rotatable bonds is 4. The molecule has 3 heteroatoms. The van der Waals surface area contributed by atoms with Crippen LogP contribution in [0, 0.1) is 18.3 Å². The molecular formula is C21H26Cl2Zr. The zero-order chi connectivity index (χ0) is 15.0. The fraction of sp³-hybridized carbons (Fsp3) is 0.429. The molecule has 128 valence electrons. The number of hydrogen-bond acceptors (Lipinski definition) is 0. The van der Waals surface area contributed by atoms with Gasteiger partial charge in [-0.25, -0.2) is 0 Å². The maximum Gasteiger partial charge on any atom is 2.00 e. The molecule has 24 heavy (non-hydrogen) atoms. The van der Waals surface area contributed by atoms with Crippen LogP contribution in [-0.4, -0.2) is 0 Å². The molecule has 0 fully saturated rings. The Balaban J connectivity index is 0.00000176. The summed E-state index contributed by atoms with van der Waals surface area (Å²) >= 11 is 0. The van der Waals surface area contributed by atoms with Crippen molar-refractivity contribution in [2.45, 2.75) is 46.5 Å². The van der Waals surface area contributed by atoms with Gasteiger partial charge in [0.2, 0.25) is 0 Å². The van der Waals surface area contributed by atoms with Crippen LogP contribution in [0.3, 0.4) is 0 Å². The second-order valence-electron chi connectivity index (χ2n) is 7.07. The summed E-state index contributed by atoms with van der Waals surface area (Å²) in [5.41, 5.74) is 6.26. The number of allylic oxidation sites excluding steroid dienone is 5. The van der Waals surface area contributed by atoms with E-state index in [-0.39, 0.29) is 56.4 Å². The molecule has 0 saturated heterocycles. The van der Waals surface area contributed by atoms with Crippen LogP contribution in [-0.2, 0) is 32.6 Å². The average Bonchev–Trinajstić information content (AvgIpc) is 3.11. The Morgan fingerprint density at radius 1 is 1.00 bits per heavy atom. The molecule has 1 aromatic rings. The van der Waals surface area contributed by atoms with Gasteiger partial charge in [0, 0.05) is 11.8 Å². The number of hydrogen-bond donors (Lipinski definition) is 0. The number of benzene rings is 1. The summed E-state index contributed by atoms with van der Waals surface area (Å²) in [6.45, 7) is 9.35. The van der Waals surface area contributed by atoms with Crippen LogP contribution in [0.1, 0.15) is 55.4 Å². The van der Waals surface area contributed by atoms with Crippen molar-refractivity contribution in [2.24, 2.45) is 11.3 Å². The number of aryl methyl sites for hydroxylation is 2. The van der Waals surface area contributed by atoms with Gasteiger partial charge in [0.25, 0.3) is 0 Å². The molecule has 0 N–H and O–H groups in total. The Hall–Kier alpha value is -0.0969. The molecule has 0 nitrogen and oxygen atoms in total. The van der Waals surface area contributed by atoms with Crippen molar-refractivity contribution in [1.29, 1.82) is 0 Å².